The molecule has 0 bridgehead atoms. The monoisotopic (exact) mass is 508 g/mol. The van der Waals surface area contributed by atoms with Gasteiger partial charge < -0.3 is 10.1 Å². The number of benzene rings is 3. The number of sulfonamides is 1. The highest BCUT2D eigenvalue weighted by atomic mass is 32.2. The second-order valence-corrected chi connectivity index (χ2v) is 11.6. The number of nitrogens with one attached hydrogen (secondary N) is 1. The van der Waals surface area contributed by atoms with Crippen molar-refractivity contribution in [2.75, 3.05) is 17.7 Å². The molecule has 0 radical (unpaired) electrons. The lowest BCUT2D eigenvalue weighted by atomic mass is 9.96. The van der Waals surface area contributed by atoms with Crippen molar-refractivity contribution in [1.29, 1.82) is 0 Å². The first kappa shape index (κ1) is 27.3. The molecule has 192 valence electrons. The van der Waals surface area contributed by atoms with Crippen LogP contribution in [0.4, 0.5) is 5.69 Å². The van der Waals surface area contributed by atoms with Crippen LogP contribution >= 0.6 is 0 Å². The quantitative estimate of drug-likeness (QED) is 0.376. The number of carbonyl (C=O) groups excluding carboxylic acids is 1. The Morgan fingerprint density at radius 1 is 0.972 bits per heavy atom. The molecule has 0 saturated carbocycles. The normalized spacial score (nSPS) is 12.3. The van der Waals surface area contributed by atoms with E-state index in [9.17, 15) is 13.2 Å². The smallest absolute Gasteiger partial charge is 0.251 e. The minimum atomic E-state index is -3.50. The van der Waals surface area contributed by atoms with Gasteiger partial charge in [0.25, 0.3) is 5.91 Å². The average molecular weight is 509 g/mol. The third kappa shape index (κ3) is 7.10. The maximum absolute atomic E-state index is 13.1. The molecule has 36 heavy (non-hydrogen) atoms. The van der Waals surface area contributed by atoms with E-state index in [4.69, 9.17) is 4.74 Å². The lowest BCUT2D eigenvalue weighted by molar-refractivity contribution is 0.0932. The van der Waals surface area contributed by atoms with E-state index in [1.165, 1.54) is 10.6 Å². The van der Waals surface area contributed by atoms with Gasteiger partial charge in [0.15, 0.2) is 0 Å². The molecule has 0 saturated heterocycles. The molecule has 1 N–H and O–H groups in total. The first-order chi connectivity index (χ1) is 17.0. The molecule has 1 amide bonds. The van der Waals surface area contributed by atoms with Gasteiger partial charge in [0, 0.05) is 5.56 Å². The summed E-state index contributed by atoms with van der Waals surface area (Å²) in [6, 6.07) is 20.5. The first-order valence-electron chi connectivity index (χ1n) is 12.1. The Balaban J connectivity index is 1.79. The van der Waals surface area contributed by atoms with Crippen LogP contribution in [0.2, 0.25) is 0 Å². The third-order valence-electron chi connectivity index (χ3n) is 6.11. The van der Waals surface area contributed by atoms with Crippen molar-refractivity contribution in [2.24, 2.45) is 5.92 Å². The van der Waals surface area contributed by atoms with Gasteiger partial charge in [-0.2, -0.15) is 0 Å². The second kappa shape index (κ2) is 11.6. The summed E-state index contributed by atoms with van der Waals surface area (Å²) in [6.07, 6.45) is 2.01. The molecule has 3 aromatic rings. The molecule has 7 heteroatoms. The van der Waals surface area contributed by atoms with Gasteiger partial charge in [0.2, 0.25) is 10.0 Å². The highest BCUT2D eigenvalue weighted by molar-refractivity contribution is 7.92. The summed E-state index contributed by atoms with van der Waals surface area (Å²) in [5, 5.41) is 3.16. The molecule has 0 heterocycles. The summed E-state index contributed by atoms with van der Waals surface area (Å²) in [4.78, 5) is 13.1. The fraction of sp³-hybridized carbons (Fsp3) is 0.345. The van der Waals surface area contributed by atoms with Crippen LogP contribution in [0.15, 0.2) is 66.7 Å². The number of rotatable bonds is 10. The maximum atomic E-state index is 13.1. The Morgan fingerprint density at radius 3 is 2.17 bits per heavy atom. The minimum Gasteiger partial charge on any atom is -0.497 e. The van der Waals surface area contributed by atoms with Crippen molar-refractivity contribution in [3.05, 3.63) is 94.5 Å². The number of carbonyl (C=O) groups is 1. The number of ether oxygens (including phenoxy) is 1. The van der Waals surface area contributed by atoms with Crippen molar-refractivity contribution in [3.8, 4) is 5.75 Å². The maximum Gasteiger partial charge on any atom is 0.251 e. The summed E-state index contributed by atoms with van der Waals surface area (Å²) >= 11 is 0. The van der Waals surface area contributed by atoms with Crippen molar-refractivity contribution in [3.63, 3.8) is 0 Å². The number of hydrogen-bond acceptors (Lipinski definition) is 4. The Labute approximate surface area is 215 Å². The number of methoxy groups -OCH3 is 1. The van der Waals surface area contributed by atoms with E-state index < -0.39 is 10.0 Å². The summed E-state index contributed by atoms with van der Waals surface area (Å²) in [7, 11) is -1.87. The SMILES string of the molecule is COc1ccc([C@H](CC(C)C)NC(=O)c2ccc(CN(c3cc(C)ccc3C)S(C)(=O)=O)cc2)cc1. The molecule has 0 spiro atoms. The van der Waals surface area contributed by atoms with E-state index in [-0.39, 0.29) is 18.5 Å². The van der Waals surface area contributed by atoms with Crippen molar-refractivity contribution < 1.29 is 17.9 Å². The summed E-state index contributed by atoms with van der Waals surface area (Å²) < 4.78 is 31.9. The third-order valence-corrected chi connectivity index (χ3v) is 7.23. The van der Waals surface area contributed by atoms with E-state index in [0.29, 0.717) is 17.2 Å². The zero-order chi connectivity index (χ0) is 26.5. The number of amides is 1. The van der Waals surface area contributed by atoms with Crippen molar-refractivity contribution >= 4 is 21.6 Å². The van der Waals surface area contributed by atoms with Crippen LogP contribution in [0, 0.1) is 19.8 Å². The van der Waals surface area contributed by atoms with Crippen LogP contribution in [0.3, 0.4) is 0 Å². The minimum absolute atomic E-state index is 0.131. The molecule has 0 aliphatic rings. The van der Waals surface area contributed by atoms with Crippen LogP contribution in [0.1, 0.15) is 58.9 Å². The van der Waals surface area contributed by atoms with Crippen LogP contribution in [0.25, 0.3) is 0 Å². The van der Waals surface area contributed by atoms with E-state index in [1.807, 2.05) is 68.4 Å². The number of aryl methyl sites for hydroxylation is 2. The van der Waals surface area contributed by atoms with Gasteiger partial charge in [-0.1, -0.05) is 50.2 Å². The molecule has 3 aromatic carbocycles. The summed E-state index contributed by atoms with van der Waals surface area (Å²) in [6.45, 7) is 8.28. The first-order valence-corrected chi connectivity index (χ1v) is 13.9. The molecule has 1 atom stereocenters. The van der Waals surface area contributed by atoms with Gasteiger partial charge in [-0.05, 0) is 78.8 Å². The zero-order valence-electron chi connectivity index (χ0n) is 21.9. The lowest BCUT2D eigenvalue weighted by Crippen LogP contribution is -2.30. The van der Waals surface area contributed by atoms with Gasteiger partial charge >= 0.3 is 0 Å². The highest BCUT2D eigenvalue weighted by Gasteiger charge is 2.21. The Kier molecular flexibility index (Phi) is 8.79. The molecule has 0 aromatic heterocycles. The standard InChI is InChI=1S/C29H36N2O4S/c1-20(2)17-27(24-13-15-26(35-5)16-14-24)30-29(32)25-11-9-23(10-12-25)19-31(36(6,33)34)28-18-21(3)7-8-22(28)4/h7-16,18,20,27H,17,19H2,1-6H3,(H,30,32)/t27-/m0/s1. The van der Waals surface area contributed by atoms with E-state index in [0.717, 1.165) is 34.4 Å². The van der Waals surface area contributed by atoms with Crippen LogP contribution in [-0.2, 0) is 16.6 Å². The van der Waals surface area contributed by atoms with Gasteiger partial charge in [0.05, 0.1) is 31.6 Å². The van der Waals surface area contributed by atoms with E-state index in [2.05, 4.69) is 19.2 Å². The van der Waals surface area contributed by atoms with Gasteiger partial charge in [-0.15, -0.1) is 0 Å². The Bertz CT molecular complexity index is 1280. The topological polar surface area (TPSA) is 75.7 Å². The lowest BCUT2D eigenvalue weighted by Gasteiger charge is -2.25. The fourth-order valence-electron chi connectivity index (χ4n) is 4.12. The highest BCUT2D eigenvalue weighted by Crippen LogP contribution is 2.27. The molecule has 6 nitrogen and oxygen atoms in total. The summed E-state index contributed by atoms with van der Waals surface area (Å²) in [5.74, 6) is 0.998. The van der Waals surface area contributed by atoms with E-state index in [1.54, 1.807) is 19.2 Å². The number of hydrogen-bond donors (Lipinski definition) is 1. The largest absolute Gasteiger partial charge is 0.497 e. The van der Waals surface area contributed by atoms with Crippen LogP contribution in [-0.4, -0.2) is 27.7 Å². The number of anilines is 1. The Morgan fingerprint density at radius 2 is 1.61 bits per heavy atom. The van der Waals surface area contributed by atoms with Gasteiger partial charge in [-0.25, -0.2) is 8.42 Å². The second-order valence-electron chi connectivity index (χ2n) is 9.69. The number of nitrogens with zero attached hydrogens (tertiary/aromatic N) is 1. The zero-order valence-corrected chi connectivity index (χ0v) is 22.7. The van der Waals surface area contributed by atoms with Gasteiger partial charge in [0.1, 0.15) is 5.75 Å². The summed E-state index contributed by atoms with van der Waals surface area (Å²) in [5.41, 5.74) is 4.88. The van der Waals surface area contributed by atoms with E-state index >= 15 is 0 Å². The molecule has 0 aliphatic carbocycles. The average Bonchev–Trinajstić information content (AvgIpc) is 2.83. The van der Waals surface area contributed by atoms with Crippen molar-refractivity contribution in [2.45, 2.75) is 46.7 Å². The van der Waals surface area contributed by atoms with Gasteiger partial charge in [-0.3, -0.25) is 9.10 Å². The molecule has 0 aliphatic heterocycles. The molecular weight excluding hydrogens is 472 g/mol. The molecule has 3 rings (SSSR count). The molecule has 0 fully saturated rings. The molecule has 0 unspecified atom stereocenters. The fourth-order valence-corrected chi connectivity index (χ4v) is 5.06. The predicted octanol–water partition coefficient (Wildman–Crippen LogP) is 5.80. The van der Waals surface area contributed by atoms with Crippen LogP contribution < -0.4 is 14.4 Å². The van der Waals surface area contributed by atoms with Crippen LogP contribution in [0.5, 0.6) is 5.75 Å². The molecular formula is C29H36N2O4S. The Hall–Kier alpha value is -3.32. The predicted molar refractivity (Wildman–Crippen MR) is 146 cm³/mol. The van der Waals surface area contributed by atoms with Crippen molar-refractivity contribution in [1.82, 2.24) is 5.32 Å².